The maximum Gasteiger partial charge on any atom is 0.271 e. The van der Waals surface area contributed by atoms with Crippen molar-refractivity contribution < 1.29 is 14.4 Å². The van der Waals surface area contributed by atoms with Crippen LogP contribution in [0.5, 0.6) is 0 Å². The molecule has 10 heteroatoms. The van der Waals surface area contributed by atoms with Gasteiger partial charge >= 0.3 is 0 Å². The first-order valence-corrected chi connectivity index (χ1v) is 11.3. The van der Waals surface area contributed by atoms with Gasteiger partial charge in [0.1, 0.15) is 12.0 Å². The van der Waals surface area contributed by atoms with Crippen LogP contribution in [-0.2, 0) is 0 Å². The fraction of sp³-hybridized carbons (Fsp3) is 0.174. The van der Waals surface area contributed by atoms with E-state index in [1.165, 1.54) is 22.1 Å². The van der Waals surface area contributed by atoms with E-state index >= 15 is 0 Å². The number of imidazole rings is 1. The molecule has 3 aromatic heterocycles. The van der Waals surface area contributed by atoms with Crippen molar-refractivity contribution in [1.29, 1.82) is 0 Å². The Morgan fingerprint density at radius 1 is 0.909 bits per heavy atom. The standard InChI is InChI=1S/C23H20N6O3S/c24-20(30)19-21-26-16(15-5-2-1-3-6-15)13-17(29(21)14-25-19)22(31)27-8-10-28(11-9-27)23(32)18-7-4-12-33-18/h1-7,12-14H,8-11H2,(H2,24,30). The molecule has 0 atom stereocenters. The molecule has 1 saturated heterocycles. The second-order valence-electron chi connectivity index (χ2n) is 7.61. The van der Waals surface area contributed by atoms with Crippen LogP contribution in [0.15, 0.2) is 60.2 Å². The summed E-state index contributed by atoms with van der Waals surface area (Å²) in [6.07, 6.45) is 1.39. The van der Waals surface area contributed by atoms with Gasteiger partial charge in [0.05, 0.1) is 10.6 Å². The molecule has 9 nitrogen and oxygen atoms in total. The zero-order valence-corrected chi connectivity index (χ0v) is 18.4. The van der Waals surface area contributed by atoms with Gasteiger partial charge in [-0.2, -0.15) is 0 Å². The van der Waals surface area contributed by atoms with Crippen LogP contribution in [0.25, 0.3) is 16.9 Å². The molecule has 1 aliphatic heterocycles. The van der Waals surface area contributed by atoms with E-state index in [0.717, 1.165) is 5.56 Å². The predicted molar refractivity (Wildman–Crippen MR) is 123 cm³/mol. The lowest BCUT2D eigenvalue weighted by atomic mass is 10.1. The number of carbonyl (C=O) groups is 3. The summed E-state index contributed by atoms with van der Waals surface area (Å²) in [5.41, 5.74) is 7.40. The summed E-state index contributed by atoms with van der Waals surface area (Å²) < 4.78 is 1.50. The third kappa shape index (κ3) is 3.85. The highest BCUT2D eigenvalue weighted by molar-refractivity contribution is 7.12. The smallest absolute Gasteiger partial charge is 0.271 e. The van der Waals surface area contributed by atoms with E-state index in [9.17, 15) is 14.4 Å². The molecule has 4 heterocycles. The number of benzene rings is 1. The first kappa shape index (κ1) is 20.8. The van der Waals surface area contributed by atoms with Crippen LogP contribution in [-0.4, -0.2) is 68.1 Å². The summed E-state index contributed by atoms with van der Waals surface area (Å²) in [6, 6.07) is 14.7. The third-order valence-electron chi connectivity index (χ3n) is 5.61. The molecule has 5 rings (SSSR count). The molecule has 0 radical (unpaired) electrons. The number of nitrogens with zero attached hydrogens (tertiary/aromatic N) is 5. The normalized spacial score (nSPS) is 13.9. The molecule has 0 saturated carbocycles. The Morgan fingerprint density at radius 3 is 2.24 bits per heavy atom. The number of piperazine rings is 1. The van der Waals surface area contributed by atoms with Gasteiger partial charge in [0.2, 0.25) is 0 Å². The van der Waals surface area contributed by atoms with Crippen LogP contribution in [0.3, 0.4) is 0 Å². The number of nitrogens with two attached hydrogens (primary N) is 1. The lowest BCUT2D eigenvalue weighted by Crippen LogP contribution is -2.50. The van der Waals surface area contributed by atoms with Crippen molar-refractivity contribution in [3.63, 3.8) is 0 Å². The van der Waals surface area contributed by atoms with Gasteiger partial charge in [-0.1, -0.05) is 36.4 Å². The Bertz CT molecular complexity index is 1340. The highest BCUT2D eigenvalue weighted by atomic mass is 32.1. The van der Waals surface area contributed by atoms with Crippen molar-refractivity contribution in [2.75, 3.05) is 26.2 Å². The fourth-order valence-corrected chi connectivity index (χ4v) is 4.59. The summed E-state index contributed by atoms with van der Waals surface area (Å²) >= 11 is 1.41. The maximum absolute atomic E-state index is 13.5. The van der Waals surface area contributed by atoms with Crippen LogP contribution in [0.2, 0.25) is 0 Å². The average molecular weight is 461 g/mol. The van der Waals surface area contributed by atoms with Gasteiger partial charge in [-0.05, 0) is 17.5 Å². The van der Waals surface area contributed by atoms with Gasteiger partial charge in [-0.25, -0.2) is 9.97 Å². The lowest BCUT2D eigenvalue weighted by molar-refractivity contribution is 0.0534. The molecule has 4 aromatic rings. The molecule has 1 aliphatic rings. The van der Waals surface area contributed by atoms with E-state index in [4.69, 9.17) is 5.73 Å². The first-order valence-electron chi connectivity index (χ1n) is 10.4. The summed E-state index contributed by atoms with van der Waals surface area (Å²) in [7, 11) is 0. The number of aromatic nitrogens is 3. The number of rotatable bonds is 4. The van der Waals surface area contributed by atoms with Crippen molar-refractivity contribution >= 4 is 34.7 Å². The van der Waals surface area contributed by atoms with E-state index in [0.29, 0.717) is 42.4 Å². The molecule has 0 bridgehead atoms. The number of carbonyl (C=O) groups excluding carboxylic acids is 3. The third-order valence-corrected chi connectivity index (χ3v) is 6.47. The van der Waals surface area contributed by atoms with Gasteiger partial charge in [-0.15, -0.1) is 11.3 Å². The Hall–Kier alpha value is -4.05. The molecule has 0 aliphatic carbocycles. The van der Waals surface area contributed by atoms with Crippen LogP contribution in [0, 0.1) is 0 Å². The van der Waals surface area contributed by atoms with Crippen molar-refractivity contribution in [1.82, 2.24) is 24.2 Å². The van der Waals surface area contributed by atoms with Crippen LogP contribution >= 0.6 is 11.3 Å². The summed E-state index contributed by atoms with van der Waals surface area (Å²) in [4.78, 5) is 50.8. The molecule has 0 unspecified atom stereocenters. The summed E-state index contributed by atoms with van der Waals surface area (Å²) in [6.45, 7) is 1.69. The molecule has 3 amide bonds. The number of amides is 3. The van der Waals surface area contributed by atoms with E-state index in [1.807, 2.05) is 41.8 Å². The van der Waals surface area contributed by atoms with Crippen LogP contribution in [0.1, 0.15) is 30.6 Å². The van der Waals surface area contributed by atoms with Gasteiger partial charge in [0, 0.05) is 31.7 Å². The zero-order valence-electron chi connectivity index (χ0n) is 17.5. The van der Waals surface area contributed by atoms with Crippen molar-refractivity contribution in [2.45, 2.75) is 0 Å². The number of thiophene rings is 1. The highest BCUT2D eigenvalue weighted by Gasteiger charge is 2.28. The van der Waals surface area contributed by atoms with E-state index in [-0.39, 0.29) is 23.2 Å². The second kappa shape index (κ2) is 8.47. The van der Waals surface area contributed by atoms with Gasteiger partial charge in [0.25, 0.3) is 17.7 Å². The molecule has 166 valence electrons. The highest BCUT2D eigenvalue weighted by Crippen LogP contribution is 2.23. The van der Waals surface area contributed by atoms with Crippen molar-refractivity contribution in [3.8, 4) is 11.3 Å². The van der Waals surface area contributed by atoms with Gasteiger partial charge in [-0.3, -0.25) is 18.8 Å². The number of hydrogen-bond donors (Lipinski definition) is 1. The van der Waals surface area contributed by atoms with E-state index in [1.54, 1.807) is 21.9 Å². The van der Waals surface area contributed by atoms with Crippen LogP contribution < -0.4 is 5.73 Å². The predicted octanol–water partition coefficient (Wildman–Crippen LogP) is 2.15. The lowest BCUT2D eigenvalue weighted by Gasteiger charge is -2.34. The minimum absolute atomic E-state index is 0.00759. The van der Waals surface area contributed by atoms with Gasteiger partial charge in [0.15, 0.2) is 11.3 Å². The van der Waals surface area contributed by atoms with E-state index < -0.39 is 5.91 Å². The number of primary amides is 1. The Morgan fingerprint density at radius 2 is 1.61 bits per heavy atom. The number of hydrogen-bond acceptors (Lipinski definition) is 6. The van der Waals surface area contributed by atoms with Crippen molar-refractivity contribution in [2.24, 2.45) is 5.73 Å². The second-order valence-corrected chi connectivity index (χ2v) is 8.55. The molecular formula is C23H20N6O3S. The number of fused-ring (bicyclic) bond motifs is 1. The molecular weight excluding hydrogens is 440 g/mol. The quantitative estimate of drug-likeness (QED) is 0.501. The van der Waals surface area contributed by atoms with Gasteiger partial charge < -0.3 is 15.5 Å². The Balaban J connectivity index is 1.46. The largest absolute Gasteiger partial charge is 0.364 e. The minimum atomic E-state index is -0.714. The SMILES string of the molecule is NC(=O)c1ncn2c(C(=O)N3CCN(C(=O)c4cccs4)CC3)cc(-c3ccccc3)nc12. The Kier molecular flexibility index (Phi) is 5.35. The van der Waals surface area contributed by atoms with Crippen molar-refractivity contribution in [3.05, 3.63) is 76.5 Å². The molecule has 1 aromatic carbocycles. The summed E-state index contributed by atoms with van der Waals surface area (Å²) in [5.74, 6) is -0.957. The minimum Gasteiger partial charge on any atom is -0.364 e. The molecule has 0 spiro atoms. The molecule has 2 N–H and O–H groups in total. The topological polar surface area (TPSA) is 114 Å². The van der Waals surface area contributed by atoms with E-state index in [2.05, 4.69) is 9.97 Å². The summed E-state index contributed by atoms with van der Waals surface area (Å²) in [5, 5.41) is 1.87. The molecule has 1 fully saturated rings. The average Bonchev–Trinajstić information content (AvgIpc) is 3.53. The fourth-order valence-electron chi connectivity index (χ4n) is 3.90. The Labute approximate surface area is 193 Å². The maximum atomic E-state index is 13.5. The monoisotopic (exact) mass is 460 g/mol. The molecule has 33 heavy (non-hydrogen) atoms. The first-order chi connectivity index (χ1) is 16.0. The van der Waals surface area contributed by atoms with Crippen LogP contribution in [0.4, 0.5) is 0 Å². The zero-order chi connectivity index (χ0) is 22.9.